The molecule has 0 unspecified atom stereocenters. The first-order valence-electron chi connectivity index (χ1n) is 10.8. The molecule has 1 aromatic carbocycles. The molecule has 1 aliphatic heterocycles. The summed E-state index contributed by atoms with van der Waals surface area (Å²) in [4.78, 5) is 26.9. The highest BCUT2D eigenvalue weighted by Gasteiger charge is 2.48. The van der Waals surface area contributed by atoms with Crippen LogP contribution in [0.25, 0.3) is 11.9 Å². The van der Waals surface area contributed by atoms with Crippen LogP contribution in [0.4, 0.5) is 8.78 Å². The SMILES string of the molecule is COCCOc1cnc(/C(F)=C/c2ccc(F)c([C@]3(C)C[C@](C)(C(=O)N(C)C)SC(N)=N3)c2)cn1. The molecule has 1 aliphatic rings. The molecule has 11 heteroatoms. The van der Waals surface area contributed by atoms with Crippen molar-refractivity contribution in [3.05, 3.63) is 53.2 Å². The molecule has 0 saturated carbocycles. The van der Waals surface area contributed by atoms with Gasteiger partial charge in [0.1, 0.15) is 22.9 Å². The Balaban J connectivity index is 1.90. The minimum absolute atomic E-state index is 0.00154. The number of carbonyl (C=O) groups excluding carboxylic acids is 1. The summed E-state index contributed by atoms with van der Waals surface area (Å²) in [6.45, 7) is 4.17. The minimum atomic E-state index is -1.12. The van der Waals surface area contributed by atoms with Crippen molar-refractivity contribution in [2.24, 2.45) is 10.7 Å². The molecule has 0 saturated heterocycles. The number of hydrogen-bond donors (Lipinski definition) is 1. The van der Waals surface area contributed by atoms with E-state index in [9.17, 15) is 13.6 Å². The number of thioether (sulfide) groups is 1. The number of ether oxygens (including phenoxy) is 2. The van der Waals surface area contributed by atoms with Crippen LogP contribution in [0.1, 0.15) is 37.1 Å². The standard InChI is InChI=1S/C24H29F2N5O3S/c1-23(14-24(2,21(32)31(3)4)35-22(27)30-23)16-10-15(6-7-17(16)25)11-18(26)19-12-29-20(13-28-19)34-9-8-33-5/h6-7,10-13H,8-9,14H2,1-5H3,(H2,27,30)/b18-11-/t23-,24+/m0/s1. The highest BCUT2D eigenvalue weighted by atomic mass is 32.2. The van der Waals surface area contributed by atoms with Crippen molar-refractivity contribution < 1.29 is 23.0 Å². The minimum Gasteiger partial charge on any atom is -0.474 e. The van der Waals surface area contributed by atoms with Crippen LogP contribution in [0, 0.1) is 5.82 Å². The van der Waals surface area contributed by atoms with E-state index in [2.05, 4.69) is 15.0 Å². The van der Waals surface area contributed by atoms with E-state index in [4.69, 9.17) is 15.2 Å². The van der Waals surface area contributed by atoms with Crippen LogP contribution in [-0.4, -0.2) is 65.1 Å². The van der Waals surface area contributed by atoms with E-state index < -0.39 is 21.9 Å². The second-order valence-corrected chi connectivity index (χ2v) is 10.3. The molecule has 2 N–H and O–H groups in total. The van der Waals surface area contributed by atoms with Gasteiger partial charge in [-0.05, 0) is 37.6 Å². The highest BCUT2D eigenvalue weighted by Crippen LogP contribution is 2.46. The van der Waals surface area contributed by atoms with Gasteiger partial charge in [0.2, 0.25) is 11.8 Å². The lowest BCUT2D eigenvalue weighted by Gasteiger charge is -2.41. The molecule has 0 spiro atoms. The molecule has 3 rings (SSSR count). The first-order valence-corrected chi connectivity index (χ1v) is 11.7. The molecule has 8 nitrogen and oxygen atoms in total. The second-order valence-electron chi connectivity index (χ2n) is 8.75. The Morgan fingerprint density at radius 2 is 2.00 bits per heavy atom. The first-order chi connectivity index (χ1) is 16.5. The zero-order valence-corrected chi connectivity index (χ0v) is 21.2. The Morgan fingerprint density at radius 1 is 1.26 bits per heavy atom. The molecule has 0 fully saturated rings. The van der Waals surface area contributed by atoms with Crippen LogP contribution in [-0.2, 0) is 15.1 Å². The number of benzene rings is 1. The van der Waals surface area contributed by atoms with Gasteiger partial charge < -0.3 is 20.1 Å². The Morgan fingerprint density at radius 3 is 2.63 bits per heavy atom. The molecule has 1 amide bonds. The van der Waals surface area contributed by atoms with Gasteiger partial charge in [0, 0.05) is 33.2 Å². The van der Waals surface area contributed by atoms with Gasteiger partial charge in [0.25, 0.3) is 0 Å². The molecule has 35 heavy (non-hydrogen) atoms. The van der Waals surface area contributed by atoms with Crippen molar-refractivity contribution in [1.82, 2.24) is 14.9 Å². The number of amides is 1. The first kappa shape index (κ1) is 26.6. The Kier molecular flexibility index (Phi) is 8.11. The van der Waals surface area contributed by atoms with Crippen LogP contribution in [0.2, 0.25) is 0 Å². The van der Waals surface area contributed by atoms with E-state index in [0.717, 1.165) is 11.8 Å². The van der Waals surface area contributed by atoms with Gasteiger partial charge in [0.15, 0.2) is 11.0 Å². The van der Waals surface area contributed by atoms with E-state index >= 15 is 0 Å². The lowest BCUT2D eigenvalue weighted by molar-refractivity contribution is -0.131. The van der Waals surface area contributed by atoms with Crippen molar-refractivity contribution in [3.8, 4) is 5.88 Å². The third kappa shape index (κ3) is 6.15. The lowest BCUT2D eigenvalue weighted by Crippen LogP contribution is -2.49. The molecule has 1 aromatic heterocycles. The summed E-state index contributed by atoms with van der Waals surface area (Å²) in [7, 11) is 4.86. The van der Waals surface area contributed by atoms with Crippen molar-refractivity contribution in [2.45, 2.75) is 30.6 Å². The normalized spacial score (nSPS) is 22.5. The van der Waals surface area contributed by atoms with Crippen LogP contribution in [0.3, 0.4) is 0 Å². The number of halogens is 2. The topological polar surface area (TPSA) is 103 Å². The fourth-order valence-electron chi connectivity index (χ4n) is 3.99. The molecule has 0 radical (unpaired) electrons. The monoisotopic (exact) mass is 505 g/mol. The third-order valence-corrected chi connectivity index (χ3v) is 6.57. The van der Waals surface area contributed by atoms with Crippen LogP contribution < -0.4 is 10.5 Å². The number of hydrogen-bond acceptors (Lipinski definition) is 8. The number of nitrogens with two attached hydrogens (primary N) is 1. The van der Waals surface area contributed by atoms with Gasteiger partial charge in [-0.25, -0.2) is 18.7 Å². The number of rotatable bonds is 8. The molecular weight excluding hydrogens is 476 g/mol. The zero-order valence-electron chi connectivity index (χ0n) is 20.3. The van der Waals surface area contributed by atoms with Gasteiger partial charge in [-0.2, -0.15) is 0 Å². The molecular formula is C24H29F2N5O3S. The molecule has 188 valence electrons. The third-order valence-electron chi connectivity index (χ3n) is 5.50. The average Bonchev–Trinajstić information content (AvgIpc) is 2.79. The fourth-order valence-corrected chi connectivity index (χ4v) is 5.32. The number of carbonyl (C=O) groups is 1. The molecule has 2 atom stereocenters. The van der Waals surface area contributed by atoms with Crippen molar-refractivity contribution in [3.63, 3.8) is 0 Å². The van der Waals surface area contributed by atoms with E-state index in [1.54, 1.807) is 35.1 Å². The maximum atomic E-state index is 15.0. The summed E-state index contributed by atoms with van der Waals surface area (Å²) in [5, 5.41) is 0.186. The van der Waals surface area contributed by atoms with Gasteiger partial charge in [0.05, 0.1) is 24.5 Å². The van der Waals surface area contributed by atoms with E-state index in [-0.39, 0.29) is 34.6 Å². The van der Waals surface area contributed by atoms with Gasteiger partial charge >= 0.3 is 0 Å². The van der Waals surface area contributed by atoms with Crippen molar-refractivity contribution in [1.29, 1.82) is 0 Å². The predicted molar refractivity (Wildman–Crippen MR) is 133 cm³/mol. The summed E-state index contributed by atoms with van der Waals surface area (Å²) in [6, 6.07) is 4.21. The van der Waals surface area contributed by atoms with Crippen LogP contribution >= 0.6 is 11.8 Å². The molecule has 0 aliphatic carbocycles. The fraction of sp³-hybridized carbons (Fsp3) is 0.417. The number of aliphatic imine (C=N–C) groups is 1. The second kappa shape index (κ2) is 10.7. The maximum absolute atomic E-state index is 15.0. The van der Waals surface area contributed by atoms with Gasteiger partial charge in [-0.1, -0.05) is 17.8 Å². The Hall–Kier alpha value is -3.05. The Bertz CT molecular complexity index is 1140. The molecule has 2 heterocycles. The Labute approximate surface area is 207 Å². The summed E-state index contributed by atoms with van der Waals surface area (Å²) >= 11 is 1.16. The smallest absolute Gasteiger partial charge is 0.238 e. The average molecular weight is 506 g/mol. The van der Waals surface area contributed by atoms with E-state index in [0.29, 0.717) is 18.8 Å². The lowest BCUT2D eigenvalue weighted by atomic mass is 9.82. The summed E-state index contributed by atoms with van der Waals surface area (Å²) in [6.07, 6.45) is 4.01. The molecule has 2 aromatic rings. The highest BCUT2D eigenvalue weighted by molar-refractivity contribution is 8.15. The maximum Gasteiger partial charge on any atom is 0.238 e. The van der Waals surface area contributed by atoms with Crippen molar-refractivity contribution >= 4 is 34.7 Å². The molecule has 0 bridgehead atoms. The zero-order chi connectivity index (χ0) is 25.8. The van der Waals surface area contributed by atoms with Crippen LogP contribution in [0.15, 0.2) is 35.6 Å². The van der Waals surface area contributed by atoms with E-state index in [1.165, 1.54) is 41.6 Å². The van der Waals surface area contributed by atoms with Gasteiger partial charge in [-0.15, -0.1) is 0 Å². The largest absolute Gasteiger partial charge is 0.474 e. The van der Waals surface area contributed by atoms with Gasteiger partial charge in [-0.3, -0.25) is 9.79 Å². The number of nitrogens with zero attached hydrogens (tertiary/aromatic N) is 4. The summed E-state index contributed by atoms with van der Waals surface area (Å²) in [5.74, 6) is -1.08. The van der Waals surface area contributed by atoms with E-state index in [1.807, 2.05) is 0 Å². The quantitative estimate of drug-likeness (QED) is 0.547. The number of amidine groups is 1. The summed E-state index contributed by atoms with van der Waals surface area (Å²) in [5.41, 5.74) is 5.56. The number of aromatic nitrogens is 2. The number of methoxy groups -OCH3 is 1. The van der Waals surface area contributed by atoms with Crippen molar-refractivity contribution in [2.75, 3.05) is 34.4 Å². The predicted octanol–water partition coefficient (Wildman–Crippen LogP) is 3.62. The summed E-state index contributed by atoms with van der Waals surface area (Å²) < 4.78 is 39.2. The van der Waals surface area contributed by atoms with Crippen LogP contribution in [0.5, 0.6) is 5.88 Å².